The molecule has 2 aromatic rings. The van der Waals surface area contributed by atoms with Gasteiger partial charge in [0.05, 0.1) is 30.9 Å². The highest BCUT2D eigenvalue weighted by Gasteiger charge is 2.32. The van der Waals surface area contributed by atoms with Gasteiger partial charge in [-0.2, -0.15) is 0 Å². The van der Waals surface area contributed by atoms with E-state index in [0.29, 0.717) is 31.1 Å². The van der Waals surface area contributed by atoms with Crippen LogP contribution in [-0.2, 0) is 16.0 Å². The van der Waals surface area contributed by atoms with Gasteiger partial charge in [0.1, 0.15) is 18.0 Å². The highest BCUT2D eigenvalue weighted by Crippen LogP contribution is 2.27. The molecule has 0 aliphatic carbocycles. The van der Waals surface area contributed by atoms with E-state index in [1.54, 1.807) is 4.57 Å². The van der Waals surface area contributed by atoms with Gasteiger partial charge < -0.3 is 24.5 Å². The van der Waals surface area contributed by atoms with Crippen LogP contribution in [-0.4, -0.2) is 46.7 Å². The van der Waals surface area contributed by atoms with Crippen LogP contribution in [0.15, 0.2) is 12.1 Å². The molecule has 7 nitrogen and oxygen atoms in total. The van der Waals surface area contributed by atoms with E-state index >= 15 is 0 Å². The van der Waals surface area contributed by atoms with Crippen LogP contribution >= 0.6 is 0 Å². The normalized spacial score (nSPS) is 19.4. The van der Waals surface area contributed by atoms with E-state index in [1.807, 2.05) is 6.92 Å². The summed E-state index contributed by atoms with van der Waals surface area (Å²) in [7, 11) is 0. The van der Waals surface area contributed by atoms with Crippen LogP contribution in [0, 0.1) is 11.6 Å². The fourth-order valence-electron chi connectivity index (χ4n) is 2.86. The van der Waals surface area contributed by atoms with Crippen molar-refractivity contribution in [2.75, 3.05) is 19.8 Å². The summed E-state index contributed by atoms with van der Waals surface area (Å²) in [5, 5.41) is 11.5. The third kappa shape index (κ3) is 3.04. The number of nitrogens with zero attached hydrogens (tertiary/aromatic N) is 2. The summed E-state index contributed by atoms with van der Waals surface area (Å²) >= 11 is 0. The highest BCUT2D eigenvalue weighted by molar-refractivity contribution is 5.76. The zero-order valence-corrected chi connectivity index (χ0v) is 13.0. The average Bonchev–Trinajstić information content (AvgIpc) is 2.91. The summed E-state index contributed by atoms with van der Waals surface area (Å²) in [5.41, 5.74) is 0.639. The summed E-state index contributed by atoms with van der Waals surface area (Å²) in [6, 6.07) is 1.23. The van der Waals surface area contributed by atoms with Gasteiger partial charge in [-0.25, -0.2) is 18.6 Å². The minimum atomic E-state index is -1.25. The first-order chi connectivity index (χ1) is 11.5. The lowest BCUT2D eigenvalue weighted by molar-refractivity contribution is -0.102. The number of ether oxygens (including phenoxy) is 2. The second-order valence-electron chi connectivity index (χ2n) is 5.38. The lowest BCUT2D eigenvalue weighted by Crippen LogP contribution is -2.43. The highest BCUT2D eigenvalue weighted by atomic mass is 19.2. The van der Waals surface area contributed by atoms with Crippen molar-refractivity contribution in [2.24, 2.45) is 0 Å². The first kappa shape index (κ1) is 16.6. The van der Waals surface area contributed by atoms with Crippen molar-refractivity contribution in [1.29, 1.82) is 0 Å². The molecule has 2 heterocycles. The van der Waals surface area contributed by atoms with Gasteiger partial charge in [-0.1, -0.05) is 0 Å². The van der Waals surface area contributed by atoms with Gasteiger partial charge in [-0.15, -0.1) is 0 Å². The molecule has 1 aromatic carbocycles. The van der Waals surface area contributed by atoms with Crippen LogP contribution in [0.1, 0.15) is 18.8 Å². The summed E-state index contributed by atoms with van der Waals surface area (Å²) in [4.78, 5) is 15.5. The predicted octanol–water partition coefficient (Wildman–Crippen LogP) is 2.06. The number of fused-ring (bicyclic) bond motifs is 1. The average molecular weight is 341 g/mol. The first-order valence-corrected chi connectivity index (χ1v) is 7.55. The van der Waals surface area contributed by atoms with E-state index in [1.165, 1.54) is 0 Å². The lowest BCUT2D eigenvalue weighted by Gasteiger charge is -2.30. The number of nitrogens with one attached hydrogen (secondary N) is 1. The van der Waals surface area contributed by atoms with Gasteiger partial charge >= 0.3 is 6.09 Å². The van der Waals surface area contributed by atoms with Crippen LogP contribution in [0.2, 0.25) is 0 Å². The Hall–Kier alpha value is -2.26. The van der Waals surface area contributed by atoms with Crippen molar-refractivity contribution in [2.45, 2.75) is 25.6 Å². The molecule has 1 aromatic heterocycles. The molecule has 1 amide bonds. The Kier molecular flexibility index (Phi) is 4.63. The maximum Gasteiger partial charge on any atom is 0.405 e. The molecule has 3 rings (SSSR count). The Bertz CT molecular complexity index is 759. The number of amides is 1. The molecule has 0 saturated carbocycles. The molecular formula is C15H17F2N3O4. The number of benzene rings is 1. The SMILES string of the molecule is CCn1c(C(NC(=O)O)C2COCCO2)nc2cc(F)c(F)cc21. The Morgan fingerprint density at radius 3 is 2.83 bits per heavy atom. The van der Waals surface area contributed by atoms with Gasteiger partial charge in [-0.05, 0) is 6.92 Å². The van der Waals surface area contributed by atoms with Crippen molar-refractivity contribution in [3.8, 4) is 0 Å². The largest absolute Gasteiger partial charge is 0.465 e. The van der Waals surface area contributed by atoms with E-state index < -0.39 is 29.9 Å². The van der Waals surface area contributed by atoms with Crippen LogP contribution in [0.5, 0.6) is 0 Å². The standard InChI is InChI=1S/C15H17F2N3O4/c1-2-20-11-6-9(17)8(16)5-10(11)18-14(20)13(19-15(21)22)12-7-23-3-4-24-12/h5-6,12-13,19H,2-4,7H2,1H3,(H,21,22). The molecular weight excluding hydrogens is 324 g/mol. The number of hydrogen-bond donors (Lipinski definition) is 2. The first-order valence-electron chi connectivity index (χ1n) is 7.55. The zero-order chi connectivity index (χ0) is 17.3. The monoisotopic (exact) mass is 341 g/mol. The molecule has 2 unspecified atom stereocenters. The maximum absolute atomic E-state index is 13.6. The lowest BCUT2D eigenvalue weighted by atomic mass is 10.1. The summed E-state index contributed by atoms with van der Waals surface area (Å²) < 4.78 is 39.6. The molecule has 1 saturated heterocycles. The van der Waals surface area contributed by atoms with Gasteiger partial charge in [0.25, 0.3) is 0 Å². The van der Waals surface area contributed by atoms with Gasteiger partial charge in [-0.3, -0.25) is 0 Å². The Morgan fingerprint density at radius 2 is 2.21 bits per heavy atom. The topological polar surface area (TPSA) is 85.6 Å². The van der Waals surface area contributed by atoms with E-state index in [4.69, 9.17) is 14.6 Å². The molecule has 0 radical (unpaired) electrons. The van der Waals surface area contributed by atoms with Crippen LogP contribution in [0.25, 0.3) is 11.0 Å². The molecule has 9 heteroatoms. The predicted molar refractivity (Wildman–Crippen MR) is 79.8 cm³/mol. The summed E-state index contributed by atoms with van der Waals surface area (Å²) in [6.45, 7) is 3.17. The third-order valence-corrected chi connectivity index (χ3v) is 3.91. The molecule has 2 atom stereocenters. The van der Waals surface area contributed by atoms with Gasteiger partial charge in [0.2, 0.25) is 0 Å². The third-order valence-electron chi connectivity index (χ3n) is 3.91. The van der Waals surface area contributed by atoms with Crippen molar-refractivity contribution < 1.29 is 28.2 Å². The quantitative estimate of drug-likeness (QED) is 0.889. The number of halogens is 2. The molecule has 1 aliphatic rings. The van der Waals surface area contributed by atoms with Gasteiger partial charge in [0.15, 0.2) is 11.6 Å². The van der Waals surface area contributed by atoms with E-state index in [-0.39, 0.29) is 12.1 Å². The smallest absolute Gasteiger partial charge is 0.405 e. The van der Waals surface area contributed by atoms with Crippen LogP contribution in [0.4, 0.5) is 13.6 Å². The Morgan fingerprint density at radius 1 is 1.46 bits per heavy atom. The molecule has 130 valence electrons. The number of hydrogen-bond acceptors (Lipinski definition) is 4. The Labute approximate surface area is 136 Å². The maximum atomic E-state index is 13.6. The van der Waals surface area contributed by atoms with Crippen molar-refractivity contribution in [1.82, 2.24) is 14.9 Å². The molecule has 2 N–H and O–H groups in total. The summed E-state index contributed by atoms with van der Waals surface area (Å²) in [6.07, 6.45) is -1.83. The fraction of sp³-hybridized carbons (Fsp3) is 0.467. The molecule has 24 heavy (non-hydrogen) atoms. The number of imidazole rings is 1. The number of rotatable bonds is 4. The molecule has 1 fully saturated rings. The second-order valence-corrected chi connectivity index (χ2v) is 5.38. The number of carboxylic acid groups (broad SMARTS) is 1. The number of aryl methyl sites for hydroxylation is 1. The van der Waals surface area contributed by atoms with Crippen LogP contribution < -0.4 is 5.32 Å². The zero-order valence-electron chi connectivity index (χ0n) is 13.0. The molecule has 0 bridgehead atoms. The number of aromatic nitrogens is 2. The van der Waals surface area contributed by atoms with Crippen molar-refractivity contribution in [3.63, 3.8) is 0 Å². The van der Waals surface area contributed by atoms with Gasteiger partial charge in [0, 0.05) is 18.7 Å². The molecule has 0 spiro atoms. The number of carbonyl (C=O) groups is 1. The van der Waals surface area contributed by atoms with E-state index in [2.05, 4.69) is 10.3 Å². The molecule has 1 aliphatic heterocycles. The van der Waals surface area contributed by atoms with E-state index in [0.717, 1.165) is 12.1 Å². The van der Waals surface area contributed by atoms with Crippen molar-refractivity contribution in [3.05, 3.63) is 29.6 Å². The Balaban J connectivity index is 2.10. The summed E-state index contributed by atoms with van der Waals surface area (Å²) in [5.74, 6) is -1.66. The fourth-order valence-corrected chi connectivity index (χ4v) is 2.86. The van der Waals surface area contributed by atoms with E-state index in [9.17, 15) is 13.6 Å². The van der Waals surface area contributed by atoms with Crippen LogP contribution in [0.3, 0.4) is 0 Å². The van der Waals surface area contributed by atoms with Crippen molar-refractivity contribution >= 4 is 17.1 Å². The minimum absolute atomic E-state index is 0.195. The second kappa shape index (κ2) is 6.70. The minimum Gasteiger partial charge on any atom is -0.465 e.